The summed E-state index contributed by atoms with van der Waals surface area (Å²) in [6, 6.07) is 6.25. The molecule has 50 heavy (non-hydrogen) atoms. The Labute approximate surface area is 315 Å². The number of hydrogen-bond donors (Lipinski definition) is 6. The number of aromatic hydroxyl groups is 2. The minimum Gasteiger partial charge on any atom is -0.860 e. The molecule has 0 bridgehead atoms. The largest absolute Gasteiger partial charge is 1.00 e. The van der Waals surface area contributed by atoms with Gasteiger partial charge < -0.3 is 26.0 Å². The first-order valence-corrected chi connectivity index (χ1v) is 13.4. The molecule has 3 rings (SSSR count). The second-order valence-corrected chi connectivity index (χ2v) is 9.84. The molecule has 0 saturated heterocycles. The molecular weight excluding hydrogens is 659 g/mol. The Kier molecular flexibility index (Phi) is 32.0. The number of nitrogens with two attached hydrogens (primary N) is 1. The standard InChI is InChI=1S/C8H8N2O2.2C7H9NO2.C6H10O2.C3H4N2O.3CH4.Na/c1-4-5(2)7(11)10-8(12)6(4)3-9;2*1-4-3-6(9)8-7(10)5(4)2;1-4(5(2)7)6(3)8;4-2-1-3(5)6;;;;/h1-2H3,(H2,10,11,12);2*3H,1-2H3,(H2,8,9,10);4H,1-3H3;1H2,(H2,5,6);3*1H4;/q;;;;;;;;+1/p-1. The Morgan fingerprint density at radius 2 is 1.14 bits per heavy atom. The number of pyridine rings is 3. The Morgan fingerprint density at radius 3 is 1.36 bits per heavy atom. The zero-order valence-electron chi connectivity index (χ0n) is 28.2. The van der Waals surface area contributed by atoms with Gasteiger partial charge in [-0.3, -0.25) is 38.7 Å². The van der Waals surface area contributed by atoms with Crippen LogP contribution in [0.25, 0.3) is 0 Å². The van der Waals surface area contributed by atoms with Crippen LogP contribution in [-0.2, 0) is 14.4 Å². The smallest absolute Gasteiger partial charge is 0.860 e. The fourth-order valence-electron chi connectivity index (χ4n) is 2.76. The zero-order chi connectivity index (χ0) is 36.5. The molecule has 0 spiro atoms. The maximum Gasteiger partial charge on any atom is 1.00 e. The maximum absolute atomic E-state index is 11.0. The molecule has 3 aromatic heterocycles. The molecule has 0 aliphatic heterocycles. The molecule has 0 saturated carbocycles. The van der Waals surface area contributed by atoms with Crippen LogP contribution in [0.2, 0.25) is 0 Å². The van der Waals surface area contributed by atoms with Gasteiger partial charge in [0.2, 0.25) is 5.91 Å². The average molecular weight is 711 g/mol. The molecule has 0 aliphatic carbocycles. The summed E-state index contributed by atoms with van der Waals surface area (Å²) in [5, 5.41) is 45.2. The fourth-order valence-corrected chi connectivity index (χ4v) is 2.76. The molecule has 1 amide bonds. The van der Waals surface area contributed by atoms with E-state index in [2.05, 4.69) is 20.7 Å². The number of amides is 1. The number of aryl methyl sites for hydroxylation is 2. The number of aromatic amines is 3. The van der Waals surface area contributed by atoms with E-state index in [1.807, 2.05) is 0 Å². The molecule has 0 aromatic carbocycles. The second-order valence-electron chi connectivity index (χ2n) is 9.84. The van der Waals surface area contributed by atoms with Crippen molar-refractivity contribution >= 4 is 17.5 Å². The molecule has 0 fully saturated rings. The number of aromatic nitrogens is 3. The number of ketones is 2. The third-order valence-electron chi connectivity index (χ3n) is 6.39. The Balaban J connectivity index is -0.000000121. The summed E-state index contributed by atoms with van der Waals surface area (Å²) in [6.07, 6.45) is -0.181. The van der Waals surface area contributed by atoms with Gasteiger partial charge in [-0.15, -0.1) is 0 Å². The van der Waals surface area contributed by atoms with Gasteiger partial charge in [-0.05, 0) is 90.4 Å². The van der Waals surface area contributed by atoms with E-state index in [4.69, 9.17) is 20.7 Å². The average Bonchev–Trinajstić information content (AvgIpc) is 2.94. The predicted molar refractivity (Wildman–Crippen MR) is 187 cm³/mol. The summed E-state index contributed by atoms with van der Waals surface area (Å²) in [6.45, 7) is 14.7. The Morgan fingerprint density at radius 1 is 0.780 bits per heavy atom. The quantitative estimate of drug-likeness (QED) is 0.160. The van der Waals surface area contributed by atoms with E-state index < -0.39 is 23.3 Å². The summed E-state index contributed by atoms with van der Waals surface area (Å²) >= 11 is 0. The van der Waals surface area contributed by atoms with Gasteiger partial charge in [0.15, 0.2) is 11.8 Å². The summed E-state index contributed by atoms with van der Waals surface area (Å²) in [5.74, 6) is -1.59. The van der Waals surface area contributed by atoms with Crippen LogP contribution in [0, 0.1) is 70.1 Å². The number of rotatable bonds is 3. The van der Waals surface area contributed by atoms with Crippen molar-refractivity contribution in [3.8, 4) is 29.8 Å². The molecule has 0 aliphatic rings. The number of carbonyl (C=O) groups excluding carboxylic acids is 3. The van der Waals surface area contributed by atoms with Gasteiger partial charge >= 0.3 is 29.6 Å². The molecule has 272 valence electrons. The molecule has 7 N–H and O–H groups in total. The van der Waals surface area contributed by atoms with Crippen LogP contribution in [0.5, 0.6) is 17.6 Å². The van der Waals surface area contributed by atoms with Crippen LogP contribution < -0.4 is 57.1 Å². The van der Waals surface area contributed by atoms with Crippen molar-refractivity contribution in [3.05, 3.63) is 82.1 Å². The van der Waals surface area contributed by atoms with E-state index >= 15 is 0 Å². The molecule has 3 heterocycles. The van der Waals surface area contributed by atoms with Gasteiger partial charge in [-0.25, -0.2) is 0 Å². The third-order valence-corrected chi connectivity index (χ3v) is 6.39. The zero-order valence-corrected chi connectivity index (χ0v) is 30.2. The summed E-state index contributed by atoms with van der Waals surface area (Å²) in [4.78, 5) is 69.2. The number of carbonyl (C=O) groups is 3. The number of Topliss-reactive ketones (excluding diaryl/α,β-unsaturated/α-hetero) is 2. The van der Waals surface area contributed by atoms with Crippen molar-refractivity contribution in [1.29, 1.82) is 10.5 Å². The van der Waals surface area contributed by atoms with Crippen LogP contribution in [0.1, 0.15) is 88.4 Å². The first kappa shape index (κ1) is 57.3. The predicted octanol–water partition coefficient (Wildman–Crippen LogP) is 0.430. The van der Waals surface area contributed by atoms with E-state index in [1.165, 1.54) is 26.0 Å². The van der Waals surface area contributed by atoms with Crippen molar-refractivity contribution in [1.82, 2.24) is 15.0 Å². The van der Waals surface area contributed by atoms with Crippen molar-refractivity contribution in [3.63, 3.8) is 0 Å². The normalized spacial score (nSPS) is 8.48. The number of nitrogens with one attached hydrogen (secondary N) is 3. The second kappa shape index (κ2) is 27.9. The van der Waals surface area contributed by atoms with Crippen molar-refractivity contribution in [2.45, 2.75) is 91.0 Å². The number of hydrogen-bond acceptors (Lipinski definition) is 11. The van der Waals surface area contributed by atoms with Crippen molar-refractivity contribution < 1.29 is 59.3 Å². The van der Waals surface area contributed by atoms with Crippen molar-refractivity contribution in [2.24, 2.45) is 11.7 Å². The number of primary amides is 1. The molecular formula is C34H51N6NaO9. The number of H-pyrrole nitrogens is 3. The molecule has 0 unspecified atom stereocenters. The fraction of sp³-hybridized carbons (Fsp3) is 0.412. The molecule has 16 heteroatoms. The summed E-state index contributed by atoms with van der Waals surface area (Å²) in [5.41, 5.74) is 7.37. The first-order valence-electron chi connectivity index (χ1n) is 13.4. The van der Waals surface area contributed by atoms with E-state index in [9.17, 15) is 33.9 Å². The van der Waals surface area contributed by atoms with E-state index in [0.717, 1.165) is 22.3 Å². The van der Waals surface area contributed by atoms with Gasteiger partial charge in [0.1, 0.15) is 29.6 Å². The topological polar surface area (TPSA) is 287 Å². The van der Waals surface area contributed by atoms with E-state index in [-0.39, 0.29) is 98.3 Å². The van der Waals surface area contributed by atoms with Crippen LogP contribution >= 0.6 is 0 Å². The minimum absolute atomic E-state index is 0. The van der Waals surface area contributed by atoms with Gasteiger partial charge in [0.25, 0.3) is 16.7 Å². The summed E-state index contributed by atoms with van der Waals surface area (Å²) in [7, 11) is 0. The van der Waals surface area contributed by atoms with Gasteiger partial charge in [0, 0.05) is 23.3 Å². The molecule has 0 radical (unpaired) electrons. The van der Waals surface area contributed by atoms with Crippen LogP contribution in [0.3, 0.4) is 0 Å². The van der Waals surface area contributed by atoms with E-state index in [0.29, 0.717) is 11.1 Å². The minimum atomic E-state index is -0.606. The maximum atomic E-state index is 11.0. The van der Waals surface area contributed by atoms with E-state index in [1.54, 1.807) is 60.6 Å². The Bertz CT molecular complexity index is 1680. The van der Waals surface area contributed by atoms with Gasteiger partial charge in [-0.1, -0.05) is 22.3 Å². The van der Waals surface area contributed by atoms with Gasteiger partial charge in [0.05, 0.1) is 12.0 Å². The van der Waals surface area contributed by atoms with Crippen LogP contribution in [-0.4, -0.2) is 42.6 Å². The first-order chi connectivity index (χ1) is 21.1. The van der Waals surface area contributed by atoms with Crippen LogP contribution in [0.15, 0.2) is 26.5 Å². The molecule has 15 nitrogen and oxygen atoms in total. The summed E-state index contributed by atoms with van der Waals surface area (Å²) < 4.78 is 0. The number of nitriles is 2. The SMILES string of the molecule is C.C.C.CC(=O)C(C)C(C)=O.Cc1c([O-])[nH]c(=O)c(C#N)c1C.Cc1cc(=O)[nH]c(O)c1C.Cc1cc(=O)[nH]c(O)c1C.N#CCC(N)=O.[Na+]. The van der Waals surface area contributed by atoms with Crippen molar-refractivity contribution in [2.75, 3.05) is 0 Å². The molecule has 3 aromatic rings. The molecule has 0 atom stereocenters. The monoisotopic (exact) mass is 710 g/mol. The van der Waals surface area contributed by atoms with Crippen LogP contribution in [0.4, 0.5) is 0 Å². The number of nitrogens with zero attached hydrogens (tertiary/aromatic N) is 2. The van der Waals surface area contributed by atoms with Gasteiger partial charge in [-0.2, -0.15) is 10.5 Å². The third kappa shape index (κ3) is 21.1. The Hall–Kier alpha value is -4.96.